The lowest BCUT2D eigenvalue weighted by Gasteiger charge is -2.28. The van der Waals surface area contributed by atoms with Crippen molar-refractivity contribution in [2.45, 2.75) is 52.5 Å². The Morgan fingerprint density at radius 3 is 2.33 bits per heavy atom. The molecule has 3 amide bonds. The van der Waals surface area contributed by atoms with Crippen LogP contribution < -0.4 is 15.5 Å². The van der Waals surface area contributed by atoms with Crippen molar-refractivity contribution in [3.8, 4) is 0 Å². The molecule has 1 aliphatic heterocycles. The summed E-state index contributed by atoms with van der Waals surface area (Å²) in [6.45, 7) is 8.69. The second-order valence-electron chi connectivity index (χ2n) is 11.2. The van der Waals surface area contributed by atoms with Crippen molar-refractivity contribution >= 4 is 29.1 Å². The number of hydrogen-bond acceptors (Lipinski definition) is 4. The molecule has 1 atom stereocenters. The van der Waals surface area contributed by atoms with E-state index in [0.29, 0.717) is 43.9 Å². The number of carbonyl (C=O) groups excluding carboxylic acids is 3. The van der Waals surface area contributed by atoms with Gasteiger partial charge in [0.2, 0.25) is 11.8 Å². The Kier molecular flexibility index (Phi) is 10.7. The van der Waals surface area contributed by atoms with Gasteiger partial charge in [-0.3, -0.25) is 14.4 Å². The van der Waals surface area contributed by atoms with Crippen LogP contribution >= 0.6 is 0 Å². The molecule has 4 rings (SSSR count). The highest BCUT2D eigenvalue weighted by molar-refractivity contribution is 6.02. The van der Waals surface area contributed by atoms with E-state index in [0.717, 1.165) is 29.7 Å². The van der Waals surface area contributed by atoms with Gasteiger partial charge in [0.05, 0.1) is 11.5 Å². The van der Waals surface area contributed by atoms with Crippen molar-refractivity contribution in [1.29, 1.82) is 0 Å². The third-order valence-corrected chi connectivity index (χ3v) is 7.54. The summed E-state index contributed by atoms with van der Waals surface area (Å²) < 4.78 is 13.3. The van der Waals surface area contributed by atoms with Gasteiger partial charge >= 0.3 is 0 Å². The van der Waals surface area contributed by atoms with E-state index in [9.17, 15) is 18.8 Å². The van der Waals surface area contributed by atoms with E-state index in [-0.39, 0.29) is 41.9 Å². The summed E-state index contributed by atoms with van der Waals surface area (Å²) in [5.74, 6) is -0.574. The first-order chi connectivity index (χ1) is 20.2. The summed E-state index contributed by atoms with van der Waals surface area (Å²) in [6, 6.07) is 21.3. The van der Waals surface area contributed by atoms with Crippen LogP contribution in [0, 0.1) is 11.7 Å². The molecule has 0 aromatic heterocycles. The molecule has 3 aromatic carbocycles. The van der Waals surface area contributed by atoms with Gasteiger partial charge in [-0.1, -0.05) is 63.2 Å². The average Bonchev–Trinajstić information content (AvgIpc) is 3.23. The number of benzene rings is 3. The number of nitrogens with one attached hydrogen (secondary N) is 2. The van der Waals surface area contributed by atoms with Crippen LogP contribution in [0.1, 0.15) is 67.4 Å². The molecular formula is C34H41FN4O3. The zero-order valence-corrected chi connectivity index (χ0v) is 24.7. The maximum absolute atomic E-state index is 13.5. The number of rotatable bonds is 10. The molecule has 1 saturated heterocycles. The fraction of sp³-hybridized carbons (Fsp3) is 0.382. The summed E-state index contributed by atoms with van der Waals surface area (Å²) in [7, 11) is 0. The highest BCUT2D eigenvalue weighted by Gasteiger charge is 2.27. The maximum atomic E-state index is 13.5. The average molecular weight is 573 g/mol. The van der Waals surface area contributed by atoms with E-state index in [4.69, 9.17) is 0 Å². The van der Waals surface area contributed by atoms with Crippen LogP contribution in [0.25, 0.3) is 0 Å². The molecule has 222 valence electrons. The number of carbonyl (C=O) groups is 3. The molecule has 0 unspecified atom stereocenters. The summed E-state index contributed by atoms with van der Waals surface area (Å²) in [6.07, 6.45) is 1.87. The minimum Gasteiger partial charge on any atom is -0.369 e. The van der Waals surface area contributed by atoms with Crippen LogP contribution in [0.5, 0.6) is 0 Å². The predicted octanol–water partition coefficient (Wildman–Crippen LogP) is 5.97. The van der Waals surface area contributed by atoms with Crippen molar-refractivity contribution in [2.24, 2.45) is 5.92 Å². The quantitative estimate of drug-likeness (QED) is 0.314. The standard InChI is InChI=1S/C34H41FN4O3/c1-4-29(26-9-6-5-7-10-26)34(42)39-18-8-17-38(19-20-39)31-16-15-28(37-32(40)21-24(2)3)22-30(31)33(41)36-23-25-11-13-27(35)14-12-25/h5-7,9-16,22,24,29H,4,8,17-21,23H2,1-3H3,(H,36,41)(H,37,40)/t29-/m1/s1. The Hall–Kier alpha value is -4.20. The van der Waals surface area contributed by atoms with Gasteiger partial charge in [-0.25, -0.2) is 4.39 Å². The second kappa shape index (κ2) is 14.6. The number of hydrogen-bond donors (Lipinski definition) is 2. The third-order valence-electron chi connectivity index (χ3n) is 7.54. The molecular weight excluding hydrogens is 531 g/mol. The molecule has 2 N–H and O–H groups in total. The van der Waals surface area contributed by atoms with Crippen molar-refractivity contribution in [2.75, 3.05) is 36.4 Å². The monoisotopic (exact) mass is 572 g/mol. The smallest absolute Gasteiger partial charge is 0.253 e. The Morgan fingerprint density at radius 2 is 1.64 bits per heavy atom. The number of halogens is 1. The van der Waals surface area contributed by atoms with E-state index >= 15 is 0 Å². The minimum atomic E-state index is -0.333. The Labute approximate surface area is 248 Å². The molecule has 1 aliphatic rings. The Morgan fingerprint density at radius 1 is 0.905 bits per heavy atom. The second-order valence-corrected chi connectivity index (χ2v) is 11.2. The number of anilines is 2. The van der Waals surface area contributed by atoms with Gasteiger partial charge in [0.15, 0.2) is 0 Å². The summed E-state index contributed by atoms with van der Waals surface area (Å²) in [5.41, 5.74) is 3.55. The molecule has 3 aromatic rings. The minimum absolute atomic E-state index is 0.108. The molecule has 0 radical (unpaired) electrons. The van der Waals surface area contributed by atoms with Gasteiger partial charge in [-0.15, -0.1) is 0 Å². The molecule has 7 nitrogen and oxygen atoms in total. The zero-order chi connectivity index (χ0) is 30.1. The van der Waals surface area contributed by atoms with Crippen molar-refractivity contribution < 1.29 is 18.8 Å². The van der Waals surface area contributed by atoms with Gasteiger partial charge in [0.25, 0.3) is 5.91 Å². The largest absolute Gasteiger partial charge is 0.369 e. The van der Waals surface area contributed by atoms with E-state index in [1.54, 1.807) is 18.2 Å². The van der Waals surface area contributed by atoms with Crippen molar-refractivity contribution in [3.63, 3.8) is 0 Å². The highest BCUT2D eigenvalue weighted by Crippen LogP contribution is 2.28. The van der Waals surface area contributed by atoms with E-state index in [1.165, 1.54) is 12.1 Å². The normalized spacial score (nSPS) is 14.3. The molecule has 0 aliphatic carbocycles. The van der Waals surface area contributed by atoms with Crippen LogP contribution in [-0.4, -0.2) is 48.8 Å². The summed E-state index contributed by atoms with van der Waals surface area (Å²) >= 11 is 0. The summed E-state index contributed by atoms with van der Waals surface area (Å²) in [4.78, 5) is 43.6. The van der Waals surface area contributed by atoms with Gasteiger partial charge in [0, 0.05) is 50.5 Å². The molecule has 0 spiro atoms. The van der Waals surface area contributed by atoms with Crippen LogP contribution in [0.3, 0.4) is 0 Å². The fourth-order valence-corrected chi connectivity index (χ4v) is 5.37. The first-order valence-corrected chi connectivity index (χ1v) is 14.8. The maximum Gasteiger partial charge on any atom is 0.253 e. The van der Waals surface area contributed by atoms with Crippen LogP contribution in [0.2, 0.25) is 0 Å². The van der Waals surface area contributed by atoms with Gasteiger partial charge < -0.3 is 20.4 Å². The molecule has 0 bridgehead atoms. The van der Waals surface area contributed by atoms with E-state index < -0.39 is 0 Å². The first kappa shape index (κ1) is 30.8. The van der Waals surface area contributed by atoms with Gasteiger partial charge in [-0.05, 0) is 60.2 Å². The van der Waals surface area contributed by atoms with Crippen molar-refractivity contribution in [3.05, 3.63) is 95.3 Å². The van der Waals surface area contributed by atoms with Crippen LogP contribution in [0.15, 0.2) is 72.8 Å². The Bertz CT molecular complexity index is 1360. The number of nitrogens with zero attached hydrogens (tertiary/aromatic N) is 2. The highest BCUT2D eigenvalue weighted by atomic mass is 19.1. The number of amides is 3. The van der Waals surface area contributed by atoms with Gasteiger partial charge in [-0.2, -0.15) is 0 Å². The molecule has 8 heteroatoms. The van der Waals surface area contributed by atoms with Crippen LogP contribution in [-0.2, 0) is 16.1 Å². The van der Waals surface area contributed by atoms with E-state index in [2.05, 4.69) is 15.5 Å². The molecule has 1 fully saturated rings. The Balaban J connectivity index is 1.53. The topological polar surface area (TPSA) is 81.8 Å². The summed E-state index contributed by atoms with van der Waals surface area (Å²) in [5, 5.41) is 5.86. The predicted molar refractivity (Wildman–Crippen MR) is 165 cm³/mol. The lowest BCUT2D eigenvalue weighted by atomic mass is 9.95. The zero-order valence-electron chi connectivity index (χ0n) is 24.7. The van der Waals surface area contributed by atoms with E-state index in [1.807, 2.05) is 68.1 Å². The molecule has 42 heavy (non-hydrogen) atoms. The lowest BCUT2D eigenvalue weighted by Crippen LogP contribution is -2.38. The molecule has 0 saturated carbocycles. The van der Waals surface area contributed by atoms with Gasteiger partial charge in [0.1, 0.15) is 5.82 Å². The SMILES string of the molecule is CC[C@@H](C(=O)N1CCCN(c2ccc(NC(=O)CC(C)C)cc2C(=O)NCc2ccc(F)cc2)CC1)c1ccccc1. The lowest BCUT2D eigenvalue weighted by molar-refractivity contribution is -0.132. The third kappa shape index (κ3) is 8.18. The van der Waals surface area contributed by atoms with Crippen molar-refractivity contribution in [1.82, 2.24) is 10.2 Å². The first-order valence-electron chi connectivity index (χ1n) is 14.8. The molecule has 1 heterocycles. The van der Waals surface area contributed by atoms with Crippen LogP contribution in [0.4, 0.5) is 15.8 Å². The fourth-order valence-electron chi connectivity index (χ4n) is 5.37.